The number of aliphatic carboxylic acids is 1. The molecule has 0 aromatic heterocycles. The van der Waals surface area contributed by atoms with Crippen molar-refractivity contribution in [2.24, 2.45) is 0 Å². The summed E-state index contributed by atoms with van der Waals surface area (Å²) in [5.74, 6) is -1.27. The second kappa shape index (κ2) is 12.3. The van der Waals surface area contributed by atoms with E-state index in [2.05, 4.69) is 5.32 Å². The number of nitrogens with one attached hydrogen (secondary N) is 1. The maximum absolute atomic E-state index is 12.8. The highest BCUT2D eigenvalue weighted by Gasteiger charge is 2.21. The third-order valence-corrected chi connectivity index (χ3v) is 5.54. The molecule has 0 saturated carbocycles. The lowest BCUT2D eigenvalue weighted by molar-refractivity contribution is -0.152. The molecule has 0 aliphatic carbocycles. The minimum atomic E-state index is -2.77. The molecular weight excluding hydrogens is 480 g/mol. The molecule has 35 heavy (non-hydrogen) atoms. The third-order valence-electron chi connectivity index (χ3n) is 5.22. The molecule has 3 rings (SSSR count). The van der Waals surface area contributed by atoms with Crippen LogP contribution >= 0.6 is 11.6 Å². The molecule has 0 heterocycles. The Labute approximate surface area is 206 Å². The molecule has 2 N–H and O–H groups in total. The molecule has 1 atom stereocenters. The van der Waals surface area contributed by atoms with E-state index in [-0.39, 0.29) is 13.0 Å². The first kappa shape index (κ1) is 26.1. The Kier molecular flexibility index (Phi) is 9.17. The topological polar surface area (TPSA) is 84.9 Å². The van der Waals surface area contributed by atoms with Crippen molar-refractivity contribution in [2.75, 3.05) is 13.7 Å². The van der Waals surface area contributed by atoms with Gasteiger partial charge in [0.25, 0.3) is 12.3 Å². The van der Waals surface area contributed by atoms with E-state index in [1.165, 1.54) is 7.11 Å². The molecule has 184 valence electrons. The molecule has 0 radical (unpaired) electrons. The highest BCUT2D eigenvalue weighted by molar-refractivity contribution is 6.34. The number of carboxylic acid groups (broad SMARTS) is 1. The number of amides is 1. The van der Waals surface area contributed by atoms with E-state index in [0.717, 1.165) is 11.1 Å². The van der Waals surface area contributed by atoms with E-state index < -0.39 is 31.0 Å². The van der Waals surface area contributed by atoms with E-state index in [1.54, 1.807) is 30.3 Å². The van der Waals surface area contributed by atoms with Crippen LogP contribution in [0.1, 0.15) is 21.5 Å². The monoisotopic (exact) mass is 503 g/mol. The van der Waals surface area contributed by atoms with Gasteiger partial charge < -0.3 is 19.9 Å². The van der Waals surface area contributed by atoms with Crippen molar-refractivity contribution in [3.05, 3.63) is 88.4 Å². The van der Waals surface area contributed by atoms with Crippen molar-refractivity contribution in [1.82, 2.24) is 5.32 Å². The smallest absolute Gasteiger partial charge is 0.333 e. The summed E-state index contributed by atoms with van der Waals surface area (Å²) in [5, 5.41) is 12.4. The van der Waals surface area contributed by atoms with Gasteiger partial charge in [0.1, 0.15) is 12.4 Å². The minimum Gasteiger partial charge on any atom is -0.496 e. The summed E-state index contributed by atoms with van der Waals surface area (Å²) in [6, 6.07) is 19.7. The SMILES string of the molecule is COc1ccc(CC(OCC(F)F)C(=O)O)cc1CNC(=O)c1ccc(-c2ccccc2)cc1Cl. The lowest BCUT2D eigenvalue weighted by Gasteiger charge is -2.16. The molecule has 9 heteroatoms. The van der Waals surface area contributed by atoms with E-state index >= 15 is 0 Å². The van der Waals surface area contributed by atoms with Gasteiger partial charge in [0.15, 0.2) is 6.10 Å². The average molecular weight is 504 g/mol. The Morgan fingerprint density at radius 3 is 2.40 bits per heavy atom. The Morgan fingerprint density at radius 1 is 1.03 bits per heavy atom. The van der Waals surface area contributed by atoms with Gasteiger partial charge in [-0.3, -0.25) is 4.79 Å². The van der Waals surface area contributed by atoms with Crippen LogP contribution in [0.4, 0.5) is 8.78 Å². The summed E-state index contributed by atoms with van der Waals surface area (Å²) in [4.78, 5) is 24.2. The van der Waals surface area contributed by atoms with Gasteiger partial charge in [0.2, 0.25) is 0 Å². The molecule has 1 unspecified atom stereocenters. The lowest BCUT2D eigenvalue weighted by atomic mass is 10.0. The van der Waals surface area contributed by atoms with Gasteiger partial charge in [0.05, 0.1) is 17.7 Å². The number of methoxy groups -OCH3 is 1. The largest absolute Gasteiger partial charge is 0.496 e. The molecule has 0 saturated heterocycles. The quantitative estimate of drug-likeness (QED) is 0.374. The normalized spacial score (nSPS) is 11.8. The maximum Gasteiger partial charge on any atom is 0.333 e. The number of hydrogen-bond acceptors (Lipinski definition) is 4. The van der Waals surface area contributed by atoms with E-state index in [4.69, 9.17) is 21.1 Å². The first-order chi connectivity index (χ1) is 16.8. The fourth-order valence-corrected chi connectivity index (χ4v) is 3.76. The summed E-state index contributed by atoms with van der Waals surface area (Å²) < 4.78 is 35.0. The van der Waals surface area contributed by atoms with E-state index in [0.29, 0.717) is 27.5 Å². The van der Waals surface area contributed by atoms with Crippen LogP contribution in [0.25, 0.3) is 11.1 Å². The van der Waals surface area contributed by atoms with Crippen LogP contribution in [0.15, 0.2) is 66.7 Å². The van der Waals surface area contributed by atoms with Gasteiger partial charge in [-0.2, -0.15) is 0 Å². The number of hydrogen-bond donors (Lipinski definition) is 2. The van der Waals surface area contributed by atoms with Crippen LogP contribution in [0.2, 0.25) is 5.02 Å². The molecule has 0 spiro atoms. The number of carbonyl (C=O) groups is 2. The zero-order chi connectivity index (χ0) is 25.4. The van der Waals surface area contributed by atoms with Crippen LogP contribution in [-0.4, -0.2) is 43.2 Å². The third kappa shape index (κ3) is 7.24. The Balaban J connectivity index is 1.71. The first-order valence-electron chi connectivity index (χ1n) is 10.7. The number of benzene rings is 3. The average Bonchev–Trinajstić information content (AvgIpc) is 2.85. The summed E-state index contributed by atoms with van der Waals surface area (Å²) in [7, 11) is 1.46. The number of rotatable bonds is 11. The maximum atomic E-state index is 12.8. The molecular formula is C26H24ClF2NO5. The summed E-state index contributed by atoms with van der Waals surface area (Å²) >= 11 is 6.37. The highest BCUT2D eigenvalue weighted by Crippen LogP contribution is 2.26. The van der Waals surface area contributed by atoms with Gasteiger partial charge in [-0.25, -0.2) is 13.6 Å². The van der Waals surface area contributed by atoms with Gasteiger partial charge in [0, 0.05) is 18.5 Å². The molecule has 0 bridgehead atoms. The summed E-state index contributed by atoms with van der Waals surface area (Å²) in [6.07, 6.45) is -4.33. The standard InChI is InChI=1S/C26H24ClF2NO5/c1-34-22-10-7-16(12-23(26(32)33)35-15-24(28)29)11-19(22)14-30-25(31)20-9-8-18(13-21(20)27)17-5-3-2-4-6-17/h2-11,13,23-24H,12,14-15H2,1H3,(H,30,31)(H,32,33). The molecule has 6 nitrogen and oxygen atoms in total. The second-order valence-corrected chi connectivity index (χ2v) is 8.05. The molecule has 0 aliphatic heterocycles. The Morgan fingerprint density at radius 2 is 1.77 bits per heavy atom. The van der Waals surface area contributed by atoms with Crippen molar-refractivity contribution in [3.63, 3.8) is 0 Å². The Hall–Kier alpha value is -3.49. The Bertz CT molecular complexity index is 1170. The van der Waals surface area contributed by atoms with Gasteiger partial charge in [-0.1, -0.05) is 60.1 Å². The lowest BCUT2D eigenvalue weighted by Crippen LogP contribution is -2.28. The van der Waals surface area contributed by atoms with Crippen molar-refractivity contribution < 1.29 is 33.0 Å². The van der Waals surface area contributed by atoms with Crippen LogP contribution in [0.5, 0.6) is 5.75 Å². The molecule has 3 aromatic rings. The van der Waals surface area contributed by atoms with Gasteiger partial charge in [-0.05, 0) is 34.9 Å². The van der Waals surface area contributed by atoms with Crippen molar-refractivity contribution in [1.29, 1.82) is 0 Å². The van der Waals surface area contributed by atoms with E-state index in [9.17, 15) is 23.5 Å². The van der Waals surface area contributed by atoms with E-state index in [1.807, 2.05) is 36.4 Å². The number of halogens is 3. The van der Waals surface area contributed by atoms with Gasteiger partial charge in [-0.15, -0.1) is 0 Å². The molecule has 1 amide bonds. The van der Waals surface area contributed by atoms with Crippen LogP contribution in [0, 0.1) is 0 Å². The van der Waals surface area contributed by atoms with Crippen molar-refractivity contribution in [2.45, 2.75) is 25.5 Å². The number of alkyl halides is 2. The van der Waals surface area contributed by atoms with Crippen LogP contribution in [-0.2, 0) is 22.5 Å². The molecule has 0 aliphatic rings. The first-order valence-corrected chi connectivity index (χ1v) is 11.1. The number of ether oxygens (including phenoxy) is 2. The zero-order valence-electron chi connectivity index (χ0n) is 18.8. The zero-order valence-corrected chi connectivity index (χ0v) is 19.6. The van der Waals surface area contributed by atoms with Crippen molar-refractivity contribution >= 4 is 23.5 Å². The highest BCUT2D eigenvalue weighted by atomic mass is 35.5. The van der Waals surface area contributed by atoms with Crippen LogP contribution < -0.4 is 10.1 Å². The molecule has 3 aromatic carbocycles. The summed E-state index contributed by atoms with van der Waals surface area (Å²) in [6.45, 7) is -0.901. The fraction of sp³-hybridized carbons (Fsp3) is 0.231. The second-order valence-electron chi connectivity index (χ2n) is 7.64. The summed E-state index contributed by atoms with van der Waals surface area (Å²) in [5.41, 5.74) is 3.26. The van der Waals surface area contributed by atoms with Crippen molar-refractivity contribution in [3.8, 4) is 16.9 Å². The predicted octanol–water partition coefficient (Wildman–Crippen LogP) is 5.22. The predicted molar refractivity (Wildman–Crippen MR) is 128 cm³/mol. The number of carboxylic acids is 1. The number of carbonyl (C=O) groups excluding carboxylic acids is 1. The minimum absolute atomic E-state index is 0.0717. The van der Waals surface area contributed by atoms with Crippen LogP contribution in [0.3, 0.4) is 0 Å². The fourth-order valence-electron chi connectivity index (χ4n) is 3.50. The van der Waals surface area contributed by atoms with Gasteiger partial charge >= 0.3 is 5.97 Å². The molecule has 0 fully saturated rings.